The number of aliphatic hydroxyl groups excluding tert-OH is 1. The molecule has 0 spiro atoms. The quantitative estimate of drug-likeness (QED) is 0.0574. The van der Waals surface area contributed by atoms with E-state index in [4.69, 9.17) is 28.4 Å². The van der Waals surface area contributed by atoms with Crippen molar-refractivity contribution in [2.75, 3.05) is 34.4 Å². The van der Waals surface area contributed by atoms with Crippen LogP contribution in [-0.2, 0) is 54.0 Å². The van der Waals surface area contributed by atoms with Crippen molar-refractivity contribution in [1.29, 1.82) is 0 Å². The molecule has 428 valence electrons. The van der Waals surface area contributed by atoms with Crippen molar-refractivity contribution < 1.29 is 67.8 Å². The van der Waals surface area contributed by atoms with Gasteiger partial charge < -0.3 is 54.1 Å². The number of methoxy groups -OCH3 is 3. The number of cyclic esters (lactones) is 1. The summed E-state index contributed by atoms with van der Waals surface area (Å²) >= 11 is 0. The Hall–Kier alpha value is -5.11. The minimum atomic E-state index is -2.46. The summed E-state index contributed by atoms with van der Waals surface area (Å²) in [5.41, 5.74) is 2.35. The fourth-order valence-corrected chi connectivity index (χ4v) is 11.4. The molecule has 18 heteroatoms. The Bertz CT molecular complexity index is 2270. The van der Waals surface area contributed by atoms with E-state index in [0.717, 1.165) is 11.3 Å². The molecule has 1 aliphatic carbocycles. The van der Waals surface area contributed by atoms with Crippen molar-refractivity contribution in [2.45, 2.75) is 186 Å². The zero-order chi connectivity index (χ0) is 56.4. The molecule has 77 heavy (non-hydrogen) atoms. The van der Waals surface area contributed by atoms with Gasteiger partial charge in [-0.1, -0.05) is 82.3 Å². The van der Waals surface area contributed by atoms with Crippen LogP contribution in [0.5, 0.6) is 0 Å². The zero-order valence-electron chi connectivity index (χ0n) is 47.1. The molecular formula is C59H88N4O14. The molecule has 2 bridgehead atoms. The molecule has 3 fully saturated rings. The molecule has 2 amide bonds. The maximum Gasteiger partial charge on any atom is 0.407 e. The monoisotopic (exact) mass is 1080 g/mol. The van der Waals surface area contributed by atoms with Gasteiger partial charge in [-0.2, -0.15) is 0 Å². The number of rotatable bonds is 10. The number of carbonyl (C=O) groups is 5. The number of carbonyl (C=O) groups excluding carboxylic acids is 5. The van der Waals surface area contributed by atoms with Gasteiger partial charge in [0.1, 0.15) is 30.5 Å². The van der Waals surface area contributed by atoms with Crippen LogP contribution in [0.4, 0.5) is 4.79 Å². The second kappa shape index (κ2) is 30.3. The fraction of sp³-hybridized carbons (Fsp3) is 0.678. The Labute approximate surface area is 456 Å². The van der Waals surface area contributed by atoms with Crippen molar-refractivity contribution >= 4 is 35.2 Å². The van der Waals surface area contributed by atoms with E-state index in [9.17, 15) is 39.4 Å². The van der Waals surface area contributed by atoms with Crippen LogP contribution >= 0.6 is 0 Å². The largest absolute Gasteiger partial charge is 0.460 e. The number of ether oxygens (including phenoxy) is 6. The van der Waals surface area contributed by atoms with E-state index in [2.05, 4.69) is 15.5 Å². The van der Waals surface area contributed by atoms with Gasteiger partial charge in [0.15, 0.2) is 5.78 Å². The Morgan fingerprint density at radius 1 is 0.922 bits per heavy atom. The third-order valence-electron chi connectivity index (χ3n) is 16.2. The number of ketones is 2. The normalized spacial score (nSPS) is 36.3. The average molecular weight is 1080 g/mol. The molecule has 0 aromatic carbocycles. The summed E-state index contributed by atoms with van der Waals surface area (Å²) in [5, 5.41) is 40.8. The van der Waals surface area contributed by atoms with E-state index in [1.807, 2.05) is 76.3 Å². The van der Waals surface area contributed by atoms with Crippen LogP contribution in [0.1, 0.15) is 131 Å². The van der Waals surface area contributed by atoms with E-state index < -0.39 is 96.1 Å². The van der Waals surface area contributed by atoms with Crippen molar-refractivity contribution in [3.63, 3.8) is 0 Å². The molecule has 3 aliphatic heterocycles. The van der Waals surface area contributed by atoms with E-state index in [0.29, 0.717) is 82.7 Å². The summed E-state index contributed by atoms with van der Waals surface area (Å²) < 4.78 is 35.9. The number of aliphatic hydroxyl groups is 2. The molecule has 0 unspecified atom stereocenters. The lowest BCUT2D eigenvalue weighted by atomic mass is 9.78. The number of esters is 1. The summed E-state index contributed by atoms with van der Waals surface area (Å²) in [5.74, 6) is -7.81. The van der Waals surface area contributed by atoms with Crippen LogP contribution < -0.4 is 5.32 Å². The van der Waals surface area contributed by atoms with Gasteiger partial charge in [-0.25, -0.2) is 9.59 Å². The van der Waals surface area contributed by atoms with Gasteiger partial charge in [-0.05, 0) is 119 Å². The van der Waals surface area contributed by atoms with E-state index in [1.165, 1.54) is 12.0 Å². The molecular weight excluding hydrogens is 989 g/mol. The lowest BCUT2D eigenvalue weighted by molar-refractivity contribution is -0.265. The summed E-state index contributed by atoms with van der Waals surface area (Å²) in [4.78, 5) is 75.8. The number of pyridine rings is 1. The maximum atomic E-state index is 14.7. The third kappa shape index (κ3) is 17.4. The molecule has 1 aromatic rings. The summed E-state index contributed by atoms with van der Waals surface area (Å²) in [6.45, 7) is 13.2. The van der Waals surface area contributed by atoms with E-state index in [1.54, 1.807) is 47.3 Å². The number of Topliss-reactive ketones (excluding diaryl/α,β-unsaturated/α-hetero) is 2. The Morgan fingerprint density at radius 3 is 2.38 bits per heavy atom. The predicted molar refractivity (Wildman–Crippen MR) is 290 cm³/mol. The molecule has 1 aromatic heterocycles. The number of alkyl carbamates (subject to hydrolysis) is 1. The van der Waals surface area contributed by atoms with Gasteiger partial charge in [0.05, 0.1) is 24.0 Å². The second-order valence-corrected chi connectivity index (χ2v) is 22.1. The highest BCUT2D eigenvalue weighted by molar-refractivity contribution is 6.39. The fourth-order valence-electron chi connectivity index (χ4n) is 11.4. The lowest BCUT2D eigenvalue weighted by Crippen LogP contribution is -2.61. The zero-order valence-corrected chi connectivity index (χ0v) is 47.1. The van der Waals surface area contributed by atoms with Gasteiger partial charge in [0, 0.05) is 83.3 Å². The van der Waals surface area contributed by atoms with Crippen LogP contribution in [0.3, 0.4) is 0 Å². The topological polar surface area (TPSA) is 242 Å². The van der Waals surface area contributed by atoms with E-state index >= 15 is 0 Å². The molecule has 4 N–H and O–H groups in total. The Morgan fingerprint density at radius 2 is 1.69 bits per heavy atom. The van der Waals surface area contributed by atoms with E-state index in [-0.39, 0.29) is 48.6 Å². The van der Waals surface area contributed by atoms with Gasteiger partial charge in [0.2, 0.25) is 5.79 Å². The first-order valence-corrected chi connectivity index (χ1v) is 27.8. The van der Waals surface area contributed by atoms with Crippen molar-refractivity contribution in [3.8, 4) is 0 Å². The molecule has 18 nitrogen and oxygen atoms in total. The van der Waals surface area contributed by atoms with Crippen molar-refractivity contribution in [3.05, 3.63) is 77.7 Å². The van der Waals surface area contributed by atoms with Crippen molar-refractivity contribution in [1.82, 2.24) is 15.2 Å². The van der Waals surface area contributed by atoms with Crippen LogP contribution in [0.2, 0.25) is 0 Å². The van der Waals surface area contributed by atoms with Gasteiger partial charge in [-0.3, -0.25) is 19.4 Å². The molecule has 2 saturated heterocycles. The van der Waals surface area contributed by atoms with Crippen LogP contribution in [0, 0.1) is 35.5 Å². The molecule has 1 saturated carbocycles. The number of oxime groups is 1. The highest BCUT2D eigenvalue weighted by Crippen LogP contribution is 2.38. The first-order valence-electron chi connectivity index (χ1n) is 27.8. The predicted octanol–water partition coefficient (Wildman–Crippen LogP) is 7.81. The van der Waals surface area contributed by atoms with Gasteiger partial charge in [-0.15, -0.1) is 0 Å². The summed E-state index contributed by atoms with van der Waals surface area (Å²) in [7, 11) is 4.53. The first kappa shape index (κ1) is 62.7. The first-order chi connectivity index (χ1) is 36.7. The van der Waals surface area contributed by atoms with Gasteiger partial charge >= 0.3 is 12.1 Å². The minimum Gasteiger partial charge on any atom is -0.460 e. The van der Waals surface area contributed by atoms with Gasteiger partial charge in [0.25, 0.3) is 11.7 Å². The number of fused-ring (bicyclic) bond motifs is 3. The number of piperidine rings is 1. The maximum absolute atomic E-state index is 14.7. The Balaban J connectivity index is 1.43. The number of amides is 2. The standard InChI is InChI=1S/C59H88N4O14/c1-36-18-12-11-13-19-37(2)49(72-8)34-45-24-22-42(7)59(70,77-45)55(66)56(67)63-29-17-15-21-47(63)57(68)75-50(35-46(62-71)38(3)31-41(6)53(65)54(74-10)52(64)40(5)30-36)39(4)32-43-23-25-48(51(33-43)73-9)76-58(69)61-28-26-44-20-14-16-27-60-44/h11-14,16,18-20,27,31,36,38-40,42-43,45,47-51,53-54,65,70-71H,15,17,21-26,28-30,32-35H2,1-10H3,(H,61,69)/b13-11+,18-12+,37-19+,41-31+,62-46-/t36-,38-,39-,40-,42-,43+,45+,47+,48-,49+,50+,51-,53-,54+,59-/m1/s1. The lowest BCUT2D eigenvalue weighted by Gasteiger charge is -2.42. The molecule has 5 rings (SSSR count). The Kier molecular flexibility index (Phi) is 24.7. The number of hydrogen-bond acceptors (Lipinski definition) is 16. The molecule has 0 radical (unpaired) electrons. The average Bonchev–Trinajstić information content (AvgIpc) is 3.43. The van der Waals surface area contributed by atoms with Crippen LogP contribution in [-0.4, -0.2) is 150 Å². The molecule has 15 atom stereocenters. The third-order valence-corrected chi connectivity index (χ3v) is 16.2. The minimum absolute atomic E-state index is 0.00270. The molecule has 4 aliphatic rings. The second-order valence-electron chi connectivity index (χ2n) is 22.1. The highest BCUT2D eigenvalue weighted by atomic mass is 16.6. The number of hydrogen-bond donors (Lipinski definition) is 4. The highest BCUT2D eigenvalue weighted by Gasteiger charge is 2.53. The van der Waals surface area contributed by atoms with Crippen molar-refractivity contribution in [2.24, 2.45) is 40.7 Å². The summed E-state index contributed by atoms with van der Waals surface area (Å²) in [6.07, 6.45) is 12.7. The van der Waals surface area contributed by atoms with Crippen LogP contribution in [0.25, 0.3) is 0 Å². The molecule has 4 heterocycles. The van der Waals surface area contributed by atoms with Crippen LogP contribution in [0.15, 0.2) is 77.2 Å². The summed E-state index contributed by atoms with van der Waals surface area (Å²) in [6, 6.07) is 4.43. The number of aromatic nitrogens is 1. The number of nitrogens with zero attached hydrogens (tertiary/aromatic N) is 3. The smallest absolute Gasteiger partial charge is 0.407 e. The SMILES string of the molecule is CO[C@H]1C[C@@H]2CC[C@@H](C)[C@@](O)(O2)C(=O)C(=O)N2CCCC[C@H]2C(=O)O[C@H]([C@H](C)C[C@@H]2CC[C@@H](OC(=O)NCCc3ccccn3)[C@H](OC)C2)C/C(=N/O)[C@H](C)/C=C(\C)[C@@H](O)[C@@H](OC)C(=O)[C@H](C)C[C@H](C)/C=C/C=C/C=C/1C. The number of allylic oxidation sites excluding steroid dienone is 6. The number of nitrogens with one attached hydrogen (secondary N) is 1.